The van der Waals surface area contributed by atoms with Crippen LogP contribution in [-0.4, -0.2) is 33.6 Å². The molecule has 3 N–H and O–H groups in total. The van der Waals surface area contributed by atoms with Crippen LogP contribution < -0.4 is 20.1 Å². The van der Waals surface area contributed by atoms with Crippen LogP contribution in [0.5, 0.6) is 5.75 Å². The number of anilines is 3. The predicted octanol–water partition coefficient (Wildman–Crippen LogP) is 7.82. The van der Waals surface area contributed by atoms with Crippen LogP contribution in [0.15, 0.2) is 138 Å². The van der Waals surface area contributed by atoms with Gasteiger partial charge in [-0.3, -0.25) is 4.79 Å². The summed E-state index contributed by atoms with van der Waals surface area (Å²) < 4.78 is 41.2. The number of esters is 1. The molecule has 0 spiro atoms. The van der Waals surface area contributed by atoms with Gasteiger partial charge in [-0.1, -0.05) is 67.6 Å². The minimum absolute atomic E-state index is 0.0364. The Kier molecular flexibility index (Phi) is 9.52. The van der Waals surface area contributed by atoms with Crippen molar-refractivity contribution in [2.24, 2.45) is 5.41 Å². The number of ether oxygens (including phenoxy) is 2. The molecule has 0 radical (unpaired) electrons. The zero-order chi connectivity index (χ0) is 33.7. The highest BCUT2D eigenvalue weighted by molar-refractivity contribution is 7.89. The maximum atomic E-state index is 13.4. The molecule has 0 amide bonds. The molecule has 9 heteroatoms. The molecule has 246 valence electrons. The Bertz CT molecular complexity index is 2000. The van der Waals surface area contributed by atoms with Gasteiger partial charge in [0.05, 0.1) is 16.4 Å². The lowest BCUT2D eigenvalue weighted by Crippen LogP contribution is -2.31. The first-order valence-electron chi connectivity index (χ1n) is 16.0. The predicted molar refractivity (Wildman–Crippen MR) is 191 cm³/mol. The summed E-state index contributed by atoms with van der Waals surface area (Å²) in [5.41, 5.74) is 5.44. The molecule has 1 aliphatic heterocycles. The summed E-state index contributed by atoms with van der Waals surface area (Å²) in [5.74, 6) is 0.969. The summed E-state index contributed by atoms with van der Waals surface area (Å²) in [6.07, 6.45) is 6.74. The molecule has 48 heavy (non-hydrogen) atoms. The average Bonchev–Trinajstić information content (AvgIpc) is 3.10. The summed E-state index contributed by atoms with van der Waals surface area (Å²) >= 11 is 0. The Morgan fingerprint density at radius 2 is 1.60 bits per heavy atom. The van der Waals surface area contributed by atoms with Gasteiger partial charge in [0.1, 0.15) is 18.1 Å². The van der Waals surface area contributed by atoms with E-state index in [1.165, 1.54) is 0 Å². The highest BCUT2D eigenvalue weighted by Crippen LogP contribution is 2.44. The first-order chi connectivity index (χ1) is 23.1. The molecular weight excluding hydrogens is 623 g/mol. The number of allylic oxidation sites excluding steroid dienone is 1. The van der Waals surface area contributed by atoms with Gasteiger partial charge >= 0.3 is 5.97 Å². The molecule has 1 aliphatic carbocycles. The topological polar surface area (TPSA) is 106 Å². The van der Waals surface area contributed by atoms with Crippen LogP contribution in [0, 0.1) is 5.41 Å². The molecule has 4 aromatic rings. The van der Waals surface area contributed by atoms with Crippen LogP contribution in [0.25, 0.3) is 5.57 Å². The molecule has 0 fully saturated rings. The molecule has 1 unspecified atom stereocenters. The highest BCUT2D eigenvalue weighted by atomic mass is 32.2. The van der Waals surface area contributed by atoms with Crippen molar-refractivity contribution >= 4 is 38.6 Å². The minimum Gasteiger partial charge on any atom is -0.464 e. The number of carbonyl (C=O) groups excluding carboxylic acids is 1. The van der Waals surface area contributed by atoms with Gasteiger partial charge < -0.3 is 20.1 Å². The Morgan fingerprint density at radius 1 is 0.875 bits per heavy atom. The van der Waals surface area contributed by atoms with E-state index in [1.807, 2.05) is 104 Å². The maximum Gasteiger partial charge on any atom is 0.311 e. The Labute approximate surface area is 282 Å². The van der Waals surface area contributed by atoms with Gasteiger partial charge in [0.15, 0.2) is 0 Å². The summed E-state index contributed by atoms with van der Waals surface area (Å²) in [4.78, 5) is 12.4. The van der Waals surface area contributed by atoms with E-state index in [9.17, 15) is 13.2 Å². The molecule has 8 nitrogen and oxygen atoms in total. The smallest absolute Gasteiger partial charge is 0.311 e. The molecule has 0 aromatic heterocycles. The standard InChI is InChI=1S/C39H39N3O5S/c1-4-39(2,3)38(43)46-23-22-40-48(44,45)32-17-11-12-27(24-32)37-33-20-18-30(41-28-13-7-5-8-14-28)25-35(33)47-36-26-31(19-21-34(36)37)42-29-15-9-6-10-16-29/h5-21,24-26,30,40-42H,4,22-23H2,1-3H3. The fraction of sp³-hybridized carbons (Fsp3) is 0.205. The fourth-order valence-corrected chi connectivity index (χ4v) is 6.48. The average molecular weight is 662 g/mol. The van der Waals surface area contributed by atoms with Crippen molar-refractivity contribution < 1.29 is 22.7 Å². The van der Waals surface area contributed by atoms with Gasteiger partial charge in [-0.25, -0.2) is 13.1 Å². The van der Waals surface area contributed by atoms with E-state index in [-0.39, 0.29) is 30.1 Å². The third-order valence-electron chi connectivity index (χ3n) is 8.47. The van der Waals surface area contributed by atoms with E-state index in [4.69, 9.17) is 9.47 Å². The van der Waals surface area contributed by atoms with Crippen molar-refractivity contribution in [2.75, 3.05) is 23.8 Å². The van der Waals surface area contributed by atoms with E-state index in [0.717, 1.165) is 39.3 Å². The summed E-state index contributed by atoms with van der Waals surface area (Å²) in [7, 11) is -3.90. The molecule has 4 aromatic carbocycles. The second-order valence-corrected chi connectivity index (χ2v) is 14.1. The second kappa shape index (κ2) is 13.9. The van der Waals surface area contributed by atoms with Crippen molar-refractivity contribution in [3.8, 4) is 5.75 Å². The normalized spacial score (nSPS) is 15.5. The Hall–Kier alpha value is -5.12. The molecule has 1 heterocycles. The van der Waals surface area contributed by atoms with Gasteiger partial charge in [0.25, 0.3) is 0 Å². The van der Waals surface area contributed by atoms with Crippen LogP contribution in [0.3, 0.4) is 0 Å². The van der Waals surface area contributed by atoms with Gasteiger partial charge in [-0.15, -0.1) is 0 Å². The largest absolute Gasteiger partial charge is 0.464 e. The first kappa shape index (κ1) is 32.8. The lowest BCUT2D eigenvalue weighted by atomic mass is 9.87. The lowest BCUT2D eigenvalue weighted by molar-refractivity contribution is -0.153. The summed E-state index contributed by atoms with van der Waals surface area (Å²) in [6.45, 7) is 5.42. The molecular formula is C39H39N3O5S. The van der Waals surface area contributed by atoms with E-state index in [1.54, 1.807) is 32.0 Å². The molecule has 0 saturated carbocycles. The molecule has 6 rings (SSSR count). The number of rotatable bonds is 12. The van der Waals surface area contributed by atoms with Crippen molar-refractivity contribution in [3.05, 3.63) is 144 Å². The van der Waals surface area contributed by atoms with Crippen molar-refractivity contribution in [2.45, 2.75) is 38.1 Å². The number of benzene rings is 4. The van der Waals surface area contributed by atoms with Crippen LogP contribution in [-0.2, 0) is 19.6 Å². The van der Waals surface area contributed by atoms with E-state index in [0.29, 0.717) is 17.9 Å². The SMILES string of the molecule is CCC(C)(C)C(=O)OCCNS(=O)(=O)c1cccc(C2=C3C=CC(Nc4ccccc4)C=C3Oc3cc(Nc4ccccc4)ccc32)c1. The second-order valence-electron chi connectivity index (χ2n) is 12.3. The quantitative estimate of drug-likeness (QED) is 0.105. The van der Waals surface area contributed by atoms with E-state index < -0.39 is 15.4 Å². The molecule has 1 atom stereocenters. The number of fused-ring (bicyclic) bond motifs is 2. The van der Waals surface area contributed by atoms with Crippen molar-refractivity contribution in [1.29, 1.82) is 0 Å². The number of hydrogen-bond acceptors (Lipinski definition) is 7. The Morgan fingerprint density at radius 3 is 2.33 bits per heavy atom. The number of nitrogens with one attached hydrogen (secondary N) is 3. The van der Waals surface area contributed by atoms with Gasteiger partial charge in [0, 0.05) is 46.4 Å². The lowest BCUT2D eigenvalue weighted by Gasteiger charge is -2.29. The zero-order valence-corrected chi connectivity index (χ0v) is 28.0. The van der Waals surface area contributed by atoms with Crippen LogP contribution in [0.2, 0.25) is 0 Å². The highest BCUT2D eigenvalue weighted by Gasteiger charge is 2.29. The first-order valence-corrected chi connectivity index (χ1v) is 17.5. The zero-order valence-electron chi connectivity index (χ0n) is 27.2. The van der Waals surface area contributed by atoms with Gasteiger partial charge in [-0.2, -0.15) is 0 Å². The minimum atomic E-state index is -3.90. The van der Waals surface area contributed by atoms with Crippen molar-refractivity contribution in [1.82, 2.24) is 4.72 Å². The number of sulfonamides is 1. The van der Waals surface area contributed by atoms with E-state index in [2.05, 4.69) is 21.4 Å². The van der Waals surface area contributed by atoms with E-state index >= 15 is 0 Å². The summed E-state index contributed by atoms with van der Waals surface area (Å²) in [5, 5.41) is 6.94. The van der Waals surface area contributed by atoms with Crippen molar-refractivity contribution in [3.63, 3.8) is 0 Å². The van der Waals surface area contributed by atoms with Crippen LogP contribution in [0.4, 0.5) is 17.1 Å². The molecule has 0 saturated heterocycles. The third-order valence-corrected chi connectivity index (χ3v) is 9.93. The van der Waals surface area contributed by atoms with Gasteiger partial charge in [0.2, 0.25) is 10.0 Å². The summed E-state index contributed by atoms with van der Waals surface area (Å²) in [6, 6.07) is 32.5. The number of para-hydroxylation sites is 2. The number of carbonyl (C=O) groups is 1. The monoisotopic (exact) mass is 661 g/mol. The van der Waals surface area contributed by atoms with Crippen LogP contribution in [0.1, 0.15) is 38.3 Å². The third kappa shape index (κ3) is 7.38. The fourth-order valence-electron chi connectivity index (χ4n) is 5.42. The maximum absolute atomic E-state index is 13.4. The molecule has 2 aliphatic rings. The van der Waals surface area contributed by atoms with Crippen LogP contribution >= 0.6 is 0 Å². The molecule has 0 bridgehead atoms. The van der Waals surface area contributed by atoms with Gasteiger partial charge in [-0.05, 0) is 80.4 Å². The Balaban J connectivity index is 1.31. The number of hydrogen-bond donors (Lipinski definition) is 3.